The van der Waals surface area contributed by atoms with Crippen LogP contribution in [0.3, 0.4) is 0 Å². The van der Waals surface area contributed by atoms with E-state index in [2.05, 4.69) is 65.6 Å². The Labute approximate surface area is 137 Å². The molecule has 0 aliphatic heterocycles. The van der Waals surface area contributed by atoms with Crippen molar-refractivity contribution < 1.29 is 5.11 Å². The van der Waals surface area contributed by atoms with Crippen molar-refractivity contribution in [1.82, 2.24) is 0 Å². The summed E-state index contributed by atoms with van der Waals surface area (Å²) in [6, 6.07) is 8.05. The van der Waals surface area contributed by atoms with Gasteiger partial charge in [-0.05, 0) is 73.2 Å². The fraction of sp³-hybridized carbons (Fsp3) is 0.294. The van der Waals surface area contributed by atoms with Gasteiger partial charge < -0.3 is 5.11 Å². The van der Waals surface area contributed by atoms with Crippen molar-refractivity contribution in [2.75, 3.05) is 0 Å². The molecule has 2 aromatic rings. The number of hydrogen-bond donors (Lipinski definition) is 1. The second kappa shape index (κ2) is 6.00. The van der Waals surface area contributed by atoms with E-state index in [1.165, 1.54) is 11.1 Å². The summed E-state index contributed by atoms with van der Waals surface area (Å²) in [4.78, 5) is 0. The van der Waals surface area contributed by atoms with Gasteiger partial charge in [-0.2, -0.15) is 0 Å². The molecule has 0 amide bonds. The molecule has 106 valence electrons. The Hall–Kier alpha value is -0.640. The van der Waals surface area contributed by atoms with Crippen LogP contribution in [0, 0.1) is 27.7 Å². The van der Waals surface area contributed by atoms with Gasteiger partial charge in [0.25, 0.3) is 0 Å². The average molecular weight is 398 g/mol. The zero-order valence-electron chi connectivity index (χ0n) is 12.1. The van der Waals surface area contributed by atoms with E-state index in [4.69, 9.17) is 0 Å². The smallest absolute Gasteiger partial charge is 0.106 e. The van der Waals surface area contributed by atoms with Gasteiger partial charge in [0.15, 0.2) is 0 Å². The predicted molar refractivity (Wildman–Crippen MR) is 91.3 cm³/mol. The zero-order chi connectivity index (χ0) is 15.0. The van der Waals surface area contributed by atoms with Crippen LogP contribution in [-0.2, 0) is 0 Å². The molecular weight excluding hydrogens is 380 g/mol. The maximum atomic E-state index is 10.8. The minimum Gasteiger partial charge on any atom is -0.384 e. The molecule has 0 saturated carbocycles. The van der Waals surface area contributed by atoms with E-state index < -0.39 is 6.10 Å². The van der Waals surface area contributed by atoms with Crippen molar-refractivity contribution in [2.45, 2.75) is 33.8 Å². The first-order valence-electron chi connectivity index (χ1n) is 6.53. The number of halogens is 2. The van der Waals surface area contributed by atoms with Gasteiger partial charge in [0.05, 0.1) is 0 Å². The van der Waals surface area contributed by atoms with E-state index in [-0.39, 0.29) is 0 Å². The Balaban J connectivity index is 2.62. The Kier molecular flexibility index (Phi) is 4.73. The lowest BCUT2D eigenvalue weighted by molar-refractivity contribution is 0.218. The van der Waals surface area contributed by atoms with Crippen LogP contribution in [0.1, 0.15) is 39.5 Å². The Morgan fingerprint density at radius 1 is 0.900 bits per heavy atom. The van der Waals surface area contributed by atoms with Crippen molar-refractivity contribution in [2.24, 2.45) is 0 Å². The highest BCUT2D eigenvalue weighted by molar-refractivity contribution is 9.11. The summed E-state index contributed by atoms with van der Waals surface area (Å²) in [5, 5.41) is 10.8. The molecule has 0 bridgehead atoms. The monoisotopic (exact) mass is 396 g/mol. The molecule has 1 nitrogen and oxygen atoms in total. The molecule has 0 aromatic heterocycles. The van der Waals surface area contributed by atoms with Gasteiger partial charge in [-0.3, -0.25) is 0 Å². The molecule has 1 unspecified atom stereocenters. The molecule has 20 heavy (non-hydrogen) atoms. The zero-order valence-corrected chi connectivity index (χ0v) is 15.3. The topological polar surface area (TPSA) is 20.2 Å². The average Bonchev–Trinajstić information content (AvgIpc) is 2.36. The Morgan fingerprint density at radius 3 is 1.95 bits per heavy atom. The highest BCUT2D eigenvalue weighted by Gasteiger charge is 2.20. The first-order chi connectivity index (χ1) is 9.32. The lowest BCUT2D eigenvalue weighted by Gasteiger charge is -2.21. The van der Waals surface area contributed by atoms with Crippen LogP contribution in [-0.4, -0.2) is 5.11 Å². The molecule has 3 heteroatoms. The second-order valence-electron chi connectivity index (χ2n) is 5.24. The fourth-order valence-electron chi connectivity index (χ4n) is 2.54. The van der Waals surface area contributed by atoms with Crippen LogP contribution < -0.4 is 0 Å². The lowest BCUT2D eigenvalue weighted by Crippen LogP contribution is -2.08. The summed E-state index contributed by atoms with van der Waals surface area (Å²) in [5.41, 5.74) is 6.67. The van der Waals surface area contributed by atoms with Gasteiger partial charge in [-0.25, -0.2) is 0 Å². The van der Waals surface area contributed by atoms with Gasteiger partial charge >= 0.3 is 0 Å². The first-order valence-corrected chi connectivity index (χ1v) is 8.11. The number of rotatable bonds is 2. The number of aryl methyl sites for hydroxylation is 2. The standard InChI is InChI=1S/C17H18Br2O/c1-9-7-10(2)12(4)16(11(9)3)17(20)14-6-5-13(18)8-15(14)19/h5-8,17,20H,1-4H3. The van der Waals surface area contributed by atoms with Crippen LogP contribution in [0.2, 0.25) is 0 Å². The molecule has 0 aliphatic carbocycles. The van der Waals surface area contributed by atoms with Crippen molar-refractivity contribution >= 4 is 31.9 Å². The quantitative estimate of drug-likeness (QED) is 0.706. The normalized spacial score (nSPS) is 12.6. The second-order valence-corrected chi connectivity index (χ2v) is 7.01. The maximum absolute atomic E-state index is 10.8. The van der Waals surface area contributed by atoms with Gasteiger partial charge in [-0.15, -0.1) is 0 Å². The van der Waals surface area contributed by atoms with Crippen molar-refractivity contribution in [3.05, 3.63) is 66.6 Å². The molecule has 0 fully saturated rings. The third-order valence-corrected chi connectivity index (χ3v) is 5.13. The molecular formula is C17H18Br2O. The summed E-state index contributed by atoms with van der Waals surface area (Å²) in [7, 11) is 0. The Bertz CT molecular complexity index is 636. The SMILES string of the molecule is Cc1cc(C)c(C)c(C(O)c2ccc(Br)cc2Br)c1C. The first kappa shape index (κ1) is 15.7. The minimum atomic E-state index is -0.615. The summed E-state index contributed by atoms with van der Waals surface area (Å²) in [6.07, 6.45) is -0.615. The van der Waals surface area contributed by atoms with Gasteiger partial charge in [0.1, 0.15) is 6.10 Å². The summed E-state index contributed by atoms with van der Waals surface area (Å²) < 4.78 is 1.91. The molecule has 1 N–H and O–H groups in total. The summed E-state index contributed by atoms with van der Waals surface area (Å²) in [5.74, 6) is 0. The van der Waals surface area contributed by atoms with Gasteiger partial charge in [0.2, 0.25) is 0 Å². The van der Waals surface area contributed by atoms with Crippen LogP contribution in [0.15, 0.2) is 33.2 Å². The van der Waals surface area contributed by atoms with Crippen LogP contribution in [0.5, 0.6) is 0 Å². The fourth-order valence-corrected chi connectivity index (χ4v) is 3.80. The lowest BCUT2D eigenvalue weighted by atomic mass is 9.88. The van der Waals surface area contributed by atoms with Gasteiger partial charge in [-0.1, -0.05) is 44.0 Å². The van der Waals surface area contributed by atoms with Gasteiger partial charge in [0, 0.05) is 8.95 Å². The van der Waals surface area contributed by atoms with E-state index in [9.17, 15) is 5.11 Å². The Morgan fingerprint density at radius 2 is 1.45 bits per heavy atom. The van der Waals surface area contributed by atoms with E-state index in [0.29, 0.717) is 0 Å². The molecule has 0 radical (unpaired) electrons. The molecule has 0 heterocycles. The van der Waals surface area contributed by atoms with E-state index in [1.807, 2.05) is 18.2 Å². The van der Waals surface area contributed by atoms with Crippen LogP contribution in [0.4, 0.5) is 0 Å². The molecule has 1 atom stereocenters. The van der Waals surface area contributed by atoms with E-state index >= 15 is 0 Å². The molecule has 0 saturated heterocycles. The maximum Gasteiger partial charge on any atom is 0.106 e. The molecule has 2 aromatic carbocycles. The number of benzene rings is 2. The highest BCUT2D eigenvalue weighted by Crippen LogP contribution is 2.35. The number of hydrogen-bond acceptors (Lipinski definition) is 1. The molecule has 0 aliphatic rings. The summed E-state index contributed by atoms with van der Waals surface area (Å²) in [6.45, 7) is 8.34. The third kappa shape index (κ3) is 2.85. The van der Waals surface area contributed by atoms with Crippen molar-refractivity contribution in [3.63, 3.8) is 0 Å². The summed E-state index contributed by atoms with van der Waals surface area (Å²) >= 11 is 6.98. The van der Waals surface area contributed by atoms with Crippen LogP contribution >= 0.6 is 31.9 Å². The third-order valence-electron chi connectivity index (χ3n) is 3.95. The predicted octanol–water partition coefficient (Wildman–Crippen LogP) is 5.53. The molecule has 2 rings (SSSR count). The minimum absolute atomic E-state index is 0.615. The number of aliphatic hydroxyl groups excluding tert-OH is 1. The van der Waals surface area contributed by atoms with Crippen LogP contribution in [0.25, 0.3) is 0 Å². The van der Waals surface area contributed by atoms with E-state index in [0.717, 1.165) is 31.2 Å². The van der Waals surface area contributed by atoms with E-state index in [1.54, 1.807) is 0 Å². The largest absolute Gasteiger partial charge is 0.384 e. The van der Waals surface area contributed by atoms with Crippen molar-refractivity contribution in [3.8, 4) is 0 Å². The highest BCUT2D eigenvalue weighted by atomic mass is 79.9. The molecule has 0 spiro atoms. The van der Waals surface area contributed by atoms with Crippen molar-refractivity contribution in [1.29, 1.82) is 0 Å². The number of aliphatic hydroxyl groups is 1.